The van der Waals surface area contributed by atoms with E-state index in [2.05, 4.69) is 22.7 Å². The number of hydrazone groups is 1. The fourth-order valence-corrected chi connectivity index (χ4v) is 2.27. The highest BCUT2D eigenvalue weighted by Gasteiger charge is 2.07. The van der Waals surface area contributed by atoms with Crippen molar-refractivity contribution >= 4 is 11.4 Å². The third-order valence-corrected chi connectivity index (χ3v) is 3.48. The number of hydrogen-bond donors (Lipinski definition) is 1. The Kier molecular flexibility index (Phi) is 4.69. The third kappa shape index (κ3) is 3.77. The zero-order chi connectivity index (χ0) is 15.9. The number of benzene rings is 3. The number of ether oxygens (including phenoxy) is 1. The van der Waals surface area contributed by atoms with Gasteiger partial charge in [-0.3, -0.25) is 5.43 Å². The molecule has 0 radical (unpaired) electrons. The van der Waals surface area contributed by atoms with Gasteiger partial charge in [-0.25, -0.2) is 0 Å². The monoisotopic (exact) mass is 302 g/mol. The van der Waals surface area contributed by atoms with Crippen LogP contribution in [-0.4, -0.2) is 12.8 Å². The molecule has 0 saturated heterocycles. The molecule has 0 spiro atoms. The Morgan fingerprint density at radius 2 is 1.30 bits per heavy atom. The standard InChI is InChI=1S/C20H18N2O/c1-23-19-14-12-17(13-15-19)20(16-8-4-2-5-9-16)22-21-18-10-6-3-7-11-18/h2-15,21H,1H3/b22-20+. The number of para-hydroxylation sites is 1. The van der Waals surface area contributed by atoms with Crippen LogP contribution >= 0.6 is 0 Å². The third-order valence-electron chi connectivity index (χ3n) is 3.48. The van der Waals surface area contributed by atoms with Crippen LogP contribution in [0.2, 0.25) is 0 Å². The van der Waals surface area contributed by atoms with Crippen molar-refractivity contribution in [1.29, 1.82) is 0 Å². The predicted octanol–water partition coefficient (Wildman–Crippen LogP) is 4.56. The van der Waals surface area contributed by atoms with Crippen LogP contribution in [0.15, 0.2) is 90.0 Å². The lowest BCUT2D eigenvalue weighted by Gasteiger charge is -2.09. The van der Waals surface area contributed by atoms with Gasteiger partial charge in [-0.1, -0.05) is 48.5 Å². The number of nitrogens with zero attached hydrogens (tertiary/aromatic N) is 1. The number of methoxy groups -OCH3 is 1. The fourth-order valence-electron chi connectivity index (χ4n) is 2.27. The molecule has 114 valence electrons. The zero-order valence-corrected chi connectivity index (χ0v) is 12.9. The van der Waals surface area contributed by atoms with Crippen molar-refractivity contribution in [3.05, 3.63) is 96.1 Å². The van der Waals surface area contributed by atoms with Gasteiger partial charge in [0.1, 0.15) is 5.75 Å². The van der Waals surface area contributed by atoms with Gasteiger partial charge in [0, 0.05) is 11.1 Å². The first kappa shape index (κ1) is 14.9. The van der Waals surface area contributed by atoms with Crippen molar-refractivity contribution in [2.75, 3.05) is 12.5 Å². The van der Waals surface area contributed by atoms with Gasteiger partial charge < -0.3 is 4.74 Å². The van der Waals surface area contributed by atoms with Gasteiger partial charge in [0.25, 0.3) is 0 Å². The minimum Gasteiger partial charge on any atom is -0.497 e. The molecule has 3 rings (SSSR count). The Morgan fingerprint density at radius 3 is 1.91 bits per heavy atom. The molecule has 0 saturated carbocycles. The van der Waals surface area contributed by atoms with Crippen LogP contribution in [0.1, 0.15) is 11.1 Å². The summed E-state index contributed by atoms with van der Waals surface area (Å²) in [5.41, 5.74) is 7.05. The van der Waals surface area contributed by atoms with Gasteiger partial charge in [-0.15, -0.1) is 0 Å². The lowest BCUT2D eigenvalue weighted by Crippen LogP contribution is -2.06. The summed E-state index contributed by atoms with van der Waals surface area (Å²) in [5, 5.41) is 4.62. The van der Waals surface area contributed by atoms with Crippen molar-refractivity contribution in [2.45, 2.75) is 0 Å². The summed E-state index contributed by atoms with van der Waals surface area (Å²) in [7, 11) is 1.66. The summed E-state index contributed by atoms with van der Waals surface area (Å²) in [4.78, 5) is 0. The van der Waals surface area contributed by atoms with Crippen molar-refractivity contribution in [3.8, 4) is 5.75 Å². The quantitative estimate of drug-likeness (QED) is 0.553. The van der Waals surface area contributed by atoms with Gasteiger partial charge in [0.05, 0.1) is 18.5 Å². The van der Waals surface area contributed by atoms with E-state index in [1.54, 1.807) is 7.11 Å². The van der Waals surface area contributed by atoms with E-state index >= 15 is 0 Å². The minimum absolute atomic E-state index is 0.831. The van der Waals surface area contributed by atoms with Crippen molar-refractivity contribution < 1.29 is 4.74 Å². The Hall–Kier alpha value is -3.07. The van der Waals surface area contributed by atoms with E-state index in [0.717, 1.165) is 28.3 Å². The summed E-state index contributed by atoms with van der Waals surface area (Å²) in [6.45, 7) is 0. The molecule has 3 aromatic carbocycles. The van der Waals surface area contributed by atoms with Crippen LogP contribution in [0.3, 0.4) is 0 Å². The smallest absolute Gasteiger partial charge is 0.118 e. The average molecular weight is 302 g/mol. The van der Waals surface area contributed by atoms with Crippen molar-refractivity contribution in [1.82, 2.24) is 0 Å². The molecule has 3 heteroatoms. The Morgan fingerprint density at radius 1 is 0.739 bits per heavy atom. The van der Waals surface area contributed by atoms with E-state index in [1.807, 2.05) is 72.8 Å². The summed E-state index contributed by atoms with van der Waals surface area (Å²) in [5.74, 6) is 0.831. The highest BCUT2D eigenvalue weighted by atomic mass is 16.5. The van der Waals surface area contributed by atoms with Crippen molar-refractivity contribution in [2.24, 2.45) is 5.10 Å². The molecule has 0 amide bonds. The number of nitrogens with one attached hydrogen (secondary N) is 1. The molecule has 3 aromatic rings. The van der Waals surface area contributed by atoms with E-state index in [9.17, 15) is 0 Å². The first-order valence-electron chi connectivity index (χ1n) is 7.45. The Labute approximate surface area is 136 Å². The van der Waals surface area contributed by atoms with E-state index < -0.39 is 0 Å². The van der Waals surface area contributed by atoms with E-state index in [-0.39, 0.29) is 0 Å². The maximum Gasteiger partial charge on any atom is 0.118 e. The highest BCUT2D eigenvalue weighted by Crippen LogP contribution is 2.16. The van der Waals surface area contributed by atoms with Crippen LogP contribution in [0.25, 0.3) is 0 Å². The van der Waals surface area contributed by atoms with Crippen LogP contribution in [0.4, 0.5) is 5.69 Å². The summed E-state index contributed by atoms with van der Waals surface area (Å²) in [6, 6.07) is 27.9. The van der Waals surface area contributed by atoms with E-state index in [0.29, 0.717) is 0 Å². The van der Waals surface area contributed by atoms with Crippen LogP contribution < -0.4 is 10.2 Å². The molecular weight excluding hydrogens is 284 g/mol. The van der Waals surface area contributed by atoms with E-state index in [1.165, 1.54) is 0 Å². The first-order chi connectivity index (χ1) is 11.4. The predicted molar refractivity (Wildman–Crippen MR) is 95.1 cm³/mol. The Bertz CT molecular complexity index is 766. The lowest BCUT2D eigenvalue weighted by atomic mass is 10.0. The second-order valence-corrected chi connectivity index (χ2v) is 5.03. The van der Waals surface area contributed by atoms with Crippen LogP contribution in [-0.2, 0) is 0 Å². The van der Waals surface area contributed by atoms with Crippen molar-refractivity contribution in [3.63, 3.8) is 0 Å². The second-order valence-electron chi connectivity index (χ2n) is 5.03. The highest BCUT2D eigenvalue weighted by molar-refractivity contribution is 6.13. The first-order valence-corrected chi connectivity index (χ1v) is 7.45. The fraction of sp³-hybridized carbons (Fsp3) is 0.0500. The normalized spacial score (nSPS) is 11.1. The number of hydrogen-bond acceptors (Lipinski definition) is 3. The molecule has 0 aromatic heterocycles. The van der Waals surface area contributed by atoms with Gasteiger partial charge >= 0.3 is 0 Å². The van der Waals surface area contributed by atoms with E-state index in [4.69, 9.17) is 4.74 Å². The van der Waals surface area contributed by atoms with Crippen LogP contribution in [0.5, 0.6) is 5.75 Å². The Balaban J connectivity index is 1.96. The summed E-state index contributed by atoms with van der Waals surface area (Å²) < 4.78 is 5.23. The largest absolute Gasteiger partial charge is 0.497 e. The number of anilines is 1. The maximum atomic E-state index is 5.23. The SMILES string of the molecule is COc1ccc(/C(=N/Nc2ccccc2)c2ccccc2)cc1. The topological polar surface area (TPSA) is 33.6 Å². The molecule has 1 N–H and O–H groups in total. The number of rotatable bonds is 5. The molecule has 3 nitrogen and oxygen atoms in total. The second kappa shape index (κ2) is 7.27. The molecule has 0 aliphatic carbocycles. The molecule has 0 aliphatic heterocycles. The zero-order valence-electron chi connectivity index (χ0n) is 12.9. The molecule has 0 heterocycles. The van der Waals surface area contributed by atoms with Gasteiger partial charge in [0.15, 0.2) is 0 Å². The molecule has 23 heavy (non-hydrogen) atoms. The summed E-state index contributed by atoms with van der Waals surface area (Å²) >= 11 is 0. The molecular formula is C20H18N2O. The molecule has 0 unspecified atom stereocenters. The molecule has 0 aliphatic rings. The van der Waals surface area contributed by atoms with Crippen LogP contribution in [0, 0.1) is 0 Å². The lowest BCUT2D eigenvalue weighted by molar-refractivity contribution is 0.415. The molecule has 0 bridgehead atoms. The van der Waals surface area contributed by atoms with Gasteiger partial charge in [0.2, 0.25) is 0 Å². The van der Waals surface area contributed by atoms with Gasteiger partial charge in [-0.05, 0) is 36.4 Å². The molecule has 0 atom stereocenters. The summed E-state index contributed by atoms with van der Waals surface area (Å²) in [6.07, 6.45) is 0. The average Bonchev–Trinajstić information content (AvgIpc) is 2.64. The molecule has 0 fully saturated rings. The maximum absolute atomic E-state index is 5.23. The minimum atomic E-state index is 0.831. The van der Waals surface area contributed by atoms with Gasteiger partial charge in [-0.2, -0.15) is 5.10 Å².